The summed E-state index contributed by atoms with van der Waals surface area (Å²) in [5, 5.41) is 6.81. The zero-order valence-electron chi connectivity index (χ0n) is 5.85. The van der Waals surface area contributed by atoms with Gasteiger partial charge in [0.2, 0.25) is 0 Å². The highest BCUT2D eigenvalue weighted by atomic mass is 35.5. The number of carbonyl (C=O) groups excluding carboxylic acids is 1. The first kappa shape index (κ1) is 8.36. The van der Waals surface area contributed by atoms with E-state index < -0.39 is 0 Å². The minimum Gasteiger partial charge on any atom is -0.341 e. The maximum absolute atomic E-state index is 10.8. The first-order valence-corrected chi connectivity index (χ1v) is 4.21. The Labute approximate surface area is 73.4 Å². The average Bonchev–Trinajstić information content (AvgIpc) is 2.37. The molecule has 1 aromatic heterocycles. The van der Waals surface area contributed by atoms with Crippen LogP contribution in [-0.4, -0.2) is 13.1 Å². The molecule has 2 N–H and O–H groups in total. The number of nitrogens with one attached hydrogen (secondary N) is 2. The van der Waals surface area contributed by atoms with Gasteiger partial charge in [0.1, 0.15) is 4.34 Å². The predicted molar refractivity (Wildman–Crippen MR) is 47.4 cm³/mol. The van der Waals surface area contributed by atoms with Crippen LogP contribution in [0.1, 0.15) is 0 Å². The highest BCUT2D eigenvalue weighted by molar-refractivity contribution is 7.15. The summed E-state index contributed by atoms with van der Waals surface area (Å²) in [5.41, 5.74) is 0.649. The Morgan fingerprint density at radius 3 is 2.91 bits per heavy atom. The first-order chi connectivity index (χ1) is 5.24. The van der Waals surface area contributed by atoms with Crippen molar-refractivity contribution in [1.82, 2.24) is 5.32 Å². The lowest BCUT2D eigenvalue weighted by atomic mass is 10.5. The van der Waals surface area contributed by atoms with Crippen molar-refractivity contribution in [3.63, 3.8) is 0 Å². The van der Waals surface area contributed by atoms with Gasteiger partial charge in [-0.15, -0.1) is 11.3 Å². The predicted octanol–water partition coefficient (Wildman–Crippen LogP) is 2.15. The summed E-state index contributed by atoms with van der Waals surface area (Å²) in [6.07, 6.45) is 0. The van der Waals surface area contributed by atoms with Crippen LogP contribution in [0.4, 0.5) is 10.5 Å². The molecule has 0 spiro atoms. The molecule has 0 aromatic carbocycles. The molecule has 1 heterocycles. The Kier molecular flexibility index (Phi) is 2.73. The zero-order valence-corrected chi connectivity index (χ0v) is 7.42. The van der Waals surface area contributed by atoms with Crippen molar-refractivity contribution in [2.45, 2.75) is 0 Å². The van der Waals surface area contributed by atoms with Crippen LogP contribution in [0.2, 0.25) is 4.34 Å². The lowest BCUT2D eigenvalue weighted by Crippen LogP contribution is -2.24. The highest BCUT2D eigenvalue weighted by Crippen LogP contribution is 2.27. The highest BCUT2D eigenvalue weighted by Gasteiger charge is 2.03. The maximum Gasteiger partial charge on any atom is 0.319 e. The first-order valence-electron chi connectivity index (χ1n) is 2.95. The van der Waals surface area contributed by atoms with Gasteiger partial charge in [0.25, 0.3) is 0 Å². The molecule has 11 heavy (non-hydrogen) atoms. The molecule has 2 amide bonds. The van der Waals surface area contributed by atoms with Crippen LogP contribution < -0.4 is 10.6 Å². The molecule has 0 fully saturated rings. The van der Waals surface area contributed by atoms with Gasteiger partial charge in [-0.05, 0) is 11.4 Å². The van der Waals surface area contributed by atoms with Crippen molar-refractivity contribution in [1.29, 1.82) is 0 Å². The molecule has 60 valence electrons. The standard InChI is InChI=1S/C6H7ClN2OS/c1-8-6(10)9-4-2-3-11-5(4)7/h2-3H,1H3,(H2,8,9,10). The molecule has 0 saturated heterocycles. The van der Waals surface area contributed by atoms with Crippen LogP contribution in [0, 0.1) is 0 Å². The van der Waals surface area contributed by atoms with Crippen molar-refractivity contribution < 1.29 is 4.79 Å². The van der Waals surface area contributed by atoms with Gasteiger partial charge in [-0.3, -0.25) is 0 Å². The summed E-state index contributed by atoms with van der Waals surface area (Å²) in [7, 11) is 1.55. The quantitative estimate of drug-likeness (QED) is 0.700. The number of rotatable bonds is 1. The van der Waals surface area contributed by atoms with Gasteiger partial charge in [0, 0.05) is 7.05 Å². The van der Waals surface area contributed by atoms with Crippen LogP contribution in [0.5, 0.6) is 0 Å². The SMILES string of the molecule is CNC(=O)Nc1ccsc1Cl. The fourth-order valence-corrected chi connectivity index (χ4v) is 1.40. The van der Waals surface area contributed by atoms with Crippen molar-refractivity contribution >= 4 is 34.7 Å². The van der Waals surface area contributed by atoms with Gasteiger partial charge >= 0.3 is 6.03 Å². The minimum atomic E-state index is -0.259. The third-order valence-electron chi connectivity index (χ3n) is 1.09. The summed E-state index contributed by atoms with van der Waals surface area (Å²) >= 11 is 7.10. The van der Waals surface area contributed by atoms with Crippen molar-refractivity contribution in [2.24, 2.45) is 0 Å². The van der Waals surface area contributed by atoms with Gasteiger partial charge in [0.15, 0.2) is 0 Å². The summed E-state index contributed by atoms with van der Waals surface area (Å²) in [6, 6.07) is 1.49. The molecule has 1 rings (SSSR count). The fourth-order valence-electron chi connectivity index (χ4n) is 0.566. The number of urea groups is 1. The van der Waals surface area contributed by atoms with Gasteiger partial charge in [0.05, 0.1) is 5.69 Å². The van der Waals surface area contributed by atoms with E-state index in [2.05, 4.69) is 10.6 Å². The topological polar surface area (TPSA) is 41.1 Å². The Morgan fingerprint density at radius 2 is 2.45 bits per heavy atom. The molecule has 0 aliphatic rings. The van der Waals surface area contributed by atoms with E-state index in [1.165, 1.54) is 11.3 Å². The minimum absolute atomic E-state index is 0.259. The monoisotopic (exact) mass is 190 g/mol. The van der Waals surface area contributed by atoms with E-state index in [4.69, 9.17) is 11.6 Å². The van der Waals surface area contributed by atoms with Gasteiger partial charge in [-0.25, -0.2) is 4.79 Å². The number of hydrogen-bond acceptors (Lipinski definition) is 2. The van der Waals surface area contributed by atoms with Crippen LogP contribution in [0.15, 0.2) is 11.4 Å². The fraction of sp³-hybridized carbons (Fsp3) is 0.167. The molecule has 3 nitrogen and oxygen atoms in total. The lowest BCUT2D eigenvalue weighted by molar-refractivity contribution is 0.254. The summed E-state index contributed by atoms with van der Waals surface area (Å²) in [5.74, 6) is 0. The smallest absolute Gasteiger partial charge is 0.319 e. The van der Waals surface area contributed by atoms with Gasteiger partial charge in [-0.2, -0.15) is 0 Å². The molecule has 0 aliphatic heterocycles. The molecule has 0 aliphatic carbocycles. The van der Waals surface area contributed by atoms with E-state index in [0.29, 0.717) is 10.0 Å². The zero-order chi connectivity index (χ0) is 8.27. The molecule has 0 unspecified atom stereocenters. The van der Waals surface area contributed by atoms with E-state index in [1.54, 1.807) is 13.1 Å². The third-order valence-corrected chi connectivity index (χ3v) is 2.26. The number of carbonyl (C=O) groups is 1. The lowest BCUT2D eigenvalue weighted by Gasteiger charge is -2.00. The van der Waals surface area contributed by atoms with E-state index in [1.807, 2.05) is 5.38 Å². The second-order valence-electron chi connectivity index (χ2n) is 1.81. The third kappa shape index (κ3) is 2.10. The number of thiophene rings is 1. The number of hydrogen-bond donors (Lipinski definition) is 2. The Balaban J connectivity index is 2.64. The number of amides is 2. The normalized spacial score (nSPS) is 9.27. The van der Waals surface area contributed by atoms with Crippen LogP contribution in [0.3, 0.4) is 0 Å². The van der Waals surface area contributed by atoms with Crippen LogP contribution in [-0.2, 0) is 0 Å². The van der Waals surface area contributed by atoms with E-state index in [0.717, 1.165) is 0 Å². The molecule has 0 saturated carbocycles. The molecule has 0 atom stereocenters. The number of anilines is 1. The average molecular weight is 191 g/mol. The van der Waals surface area contributed by atoms with Gasteiger partial charge in [-0.1, -0.05) is 11.6 Å². The van der Waals surface area contributed by atoms with Crippen molar-refractivity contribution in [2.75, 3.05) is 12.4 Å². The molecular weight excluding hydrogens is 184 g/mol. The van der Waals surface area contributed by atoms with Crippen molar-refractivity contribution in [3.8, 4) is 0 Å². The Bertz CT molecular complexity index is 261. The summed E-state index contributed by atoms with van der Waals surface area (Å²) in [4.78, 5) is 10.8. The van der Waals surface area contributed by atoms with E-state index in [-0.39, 0.29) is 6.03 Å². The molecule has 5 heteroatoms. The maximum atomic E-state index is 10.8. The molecule has 0 radical (unpaired) electrons. The number of halogens is 1. The van der Waals surface area contributed by atoms with Gasteiger partial charge < -0.3 is 10.6 Å². The van der Waals surface area contributed by atoms with Crippen molar-refractivity contribution in [3.05, 3.63) is 15.8 Å². The molecular formula is C6H7ClN2OS. The molecule has 0 bridgehead atoms. The summed E-state index contributed by atoms with van der Waals surface area (Å²) in [6.45, 7) is 0. The molecule has 1 aromatic rings. The van der Waals surface area contributed by atoms with E-state index >= 15 is 0 Å². The van der Waals surface area contributed by atoms with Crippen LogP contribution in [0.25, 0.3) is 0 Å². The Hall–Kier alpha value is -0.740. The Morgan fingerprint density at radius 1 is 1.73 bits per heavy atom. The summed E-state index contributed by atoms with van der Waals surface area (Å²) < 4.78 is 0.591. The van der Waals surface area contributed by atoms with E-state index in [9.17, 15) is 4.79 Å². The largest absolute Gasteiger partial charge is 0.341 e. The van der Waals surface area contributed by atoms with Crippen LogP contribution >= 0.6 is 22.9 Å². The second-order valence-corrected chi connectivity index (χ2v) is 3.33. The second kappa shape index (κ2) is 3.59.